The van der Waals surface area contributed by atoms with E-state index in [0.29, 0.717) is 41.4 Å². The van der Waals surface area contributed by atoms with Crippen LogP contribution in [0.1, 0.15) is 32.0 Å². The Bertz CT molecular complexity index is 1340. The lowest BCUT2D eigenvalue weighted by Gasteiger charge is -2.18. The maximum atomic E-state index is 12.8. The Balaban J connectivity index is 1.25. The van der Waals surface area contributed by atoms with Gasteiger partial charge in [-0.2, -0.15) is 0 Å². The SMILES string of the molecule is CN(Cc1ccccc1)C(=O)c1cccc(NC(=O)CNc2ccc(C(=O)NCc3ccco3)cc2)c1. The molecule has 8 heteroatoms. The molecule has 3 amide bonds. The molecular weight excluding hydrogens is 468 g/mol. The molecule has 0 unspecified atom stereocenters. The summed E-state index contributed by atoms with van der Waals surface area (Å²) in [5.74, 6) is 0.0603. The minimum Gasteiger partial charge on any atom is -0.467 e. The lowest BCUT2D eigenvalue weighted by molar-refractivity contribution is -0.114. The smallest absolute Gasteiger partial charge is 0.253 e. The van der Waals surface area contributed by atoms with E-state index in [0.717, 1.165) is 5.56 Å². The number of rotatable bonds is 10. The van der Waals surface area contributed by atoms with Crippen molar-refractivity contribution in [1.29, 1.82) is 0 Å². The molecule has 1 heterocycles. The molecule has 0 atom stereocenters. The average molecular weight is 497 g/mol. The monoisotopic (exact) mass is 496 g/mol. The second-order valence-corrected chi connectivity index (χ2v) is 8.47. The van der Waals surface area contributed by atoms with Crippen LogP contribution in [-0.2, 0) is 17.9 Å². The van der Waals surface area contributed by atoms with Crippen molar-refractivity contribution >= 4 is 29.1 Å². The summed E-state index contributed by atoms with van der Waals surface area (Å²) in [7, 11) is 1.75. The van der Waals surface area contributed by atoms with Crippen LogP contribution in [0.2, 0.25) is 0 Å². The standard InChI is InChI=1S/C29H28N4O4/c1-33(20-21-7-3-2-4-8-21)29(36)23-9-5-10-25(17-23)32-27(34)19-30-24-14-12-22(13-15-24)28(35)31-18-26-11-6-16-37-26/h2-17,30H,18-20H2,1H3,(H,31,35)(H,32,34). The van der Waals surface area contributed by atoms with E-state index in [1.54, 1.807) is 78.9 Å². The van der Waals surface area contributed by atoms with Gasteiger partial charge in [-0.25, -0.2) is 0 Å². The summed E-state index contributed by atoms with van der Waals surface area (Å²) in [5.41, 5.74) is 3.26. The number of anilines is 2. The van der Waals surface area contributed by atoms with Gasteiger partial charge in [0, 0.05) is 36.1 Å². The number of amides is 3. The van der Waals surface area contributed by atoms with Crippen LogP contribution in [-0.4, -0.2) is 36.2 Å². The minimum atomic E-state index is -0.262. The van der Waals surface area contributed by atoms with Gasteiger partial charge in [0.2, 0.25) is 5.91 Å². The van der Waals surface area contributed by atoms with Crippen LogP contribution >= 0.6 is 0 Å². The summed E-state index contributed by atoms with van der Waals surface area (Å²) in [5, 5.41) is 8.63. The molecule has 0 bridgehead atoms. The zero-order valence-corrected chi connectivity index (χ0v) is 20.4. The number of nitrogens with one attached hydrogen (secondary N) is 3. The van der Waals surface area contributed by atoms with E-state index in [1.165, 1.54) is 0 Å². The molecule has 4 rings (SSSR count). The number of benzene rings is 3. The summed E-state index contributed by atoms with van der Waals surface area (Å²) in [6.45, 7) is 0.822. The summed E-state index contributed by atoms with van der Waals surface area (Å²) in [4.78, 5) is 39.2. The minimum absolute atomic E-state index is 0.0239. The van der Waals surface area contributed by atoms with Gasteiger partial charge >= 0.3 is 0 Å². The Morgan fingerprint density at radius 2 is 1.59 bits per heavy atom. The predicted molar refractivity (Wildman–Crippen MR) is 142 cm³/mol. The van der Waals surface area contributed by atoms with Gasteiger partial charge in [-0.1, -0.05) is 36.4 Å². The fraction of sp³-hybridized carbons (Fsp3) is 0.138. The van der Waals surface area contributed by atoms with Crippen LogP contribution < -0.4 is 16.0 Å². The molecule has 0 spiro atoms. The number of carbonyl (C=O) groups excluding carboxylic acids is 3. The average Bonchev–Trinajstić information content (AvgIpc) is 3.45. The van der Waals surface area contributed by atoms with Gasteiger partial charge in [0.05, 0.1) is 19.4 Å². The largest absolute Gasteiger partial charge is 0.467 e. The van der Waals surface area contributed by atoms with Crippen molar-refractivity contribution < 1.29 is 18.8 Å². The normalized spacial score (nSPS) is 10.4. The van der Waals surface area contributed by atoms with E-state index >= 15 is 0 Å². The fourth-order valence-corrected chi connectivity index (χ4v) is 3.69. The zero-order chi connectivity index (χ0) is 26.0. The van der Waals surface area contributed by atoms with Gasteiger partial charge < -0.3 is 25.3 Å². The van der Waals surface area contributed by atoms with Crippen LogP contribution in [0.5, 0.6) is 0 Å². The number of hydrogen-bond acceptors (Lipinski definition) is 5. The van der Waals surface area contributed by atoms with Crippen molar-refractivity contribution in [2.24, 2.45) is 0 Å². The Hall–Kier alpha value is -4.85. The lowest BCUT2D eigenvalue weighted by atomic mass is 10.1. The second kappa shape index (κ2) is 12.2. The Morgan fingerprint density at radius 1 is 0.811 bits per heavy atom. The molecule has 3 N–H and O–H groups in total. The molecule has 0 radical (unpaired) electrons. The highest BCUT2D eigenvalue weighted by Crippen LogP contribution is 2.15. The molecule has 0 saturated carbocycles. The molecule has 188 valence electrons. The van der Waals surface area contributed by atoms with Gasteiger partial charge in [-0.3, -0.25) is 14.4 Å². The van der Waals surface area contributed by atoms with Gasteiger partial charge in [0.15, 0.2) is 0 Å². The third kappa shape index (κ3) is 7.32. The number of hydrogen-bond donors (Lipinski definition) is 3. The van der Waals surface area contributed by atoms with E-state index < -0.39 is 0 Å². The van der Waals surface area contributed by atoms with Crippen molar-refractivity contribution in [3.63, 3.8) is 0 Å². The van der Waals surface area contributed by atoms with Crippen molar-refractivity contribution in [3.05, 3.63) is 120 Å². The third-order valence-electron chi connectivity index (χ3n) is 5.61. The summed E-state index contributed by atoms with van der Waals surface area (Å²) in [6, 6.07) is 27.0. The van der Waals surface area contributed by atoms with E-state index in [9.17, 15) is 14.4 Å². The zero-order valence-electron chi connectivity index (χ0n) is 20.4. The molecule has 0 aliphatic carbocycles. The first-order valence-electron chi connectivity index (χ1n) is 11.8. The molecule has 4 aromatic rings. The van der Waals surface area contributed by atoms with E-state index in [2.05, 4.69) is 16.0 Å². The highest BCUT2D eigenvalue weighted by Gasteiger charge is 2.13. The molecule has 37 heavy (non-hydrogen) atoms. The predicted octanol–water partition coefficient (Wildman–Crippen LogP) is 4.53. The molecule has 0 aliphatic heterocycles. The van der Waals surface area contributed by atoms with Crippen molar-refractivity contribution in [1.82, 2.24) is 10.2 Å². The van der Waals surface area contributed by atoms with E-state index in [1.807, 2.05) is 30.3 Å². The van der Waals surface area contributed by atoms with Crippen LogP contribution in [0.4, 0.5) is 11.4 Å². The molecule has 8 nitrogen and oxygen atoms in total. The maximum Gasteiger partial charge on any atom is 0.253 e. The van der Waals surface area contributed by atoms with Gasteiger partial charge in [-0.15, -0.1) is 0 Å². The lowest BCUT2D eigenvalue weighted by Crippen LogP contribution is -2.26. The Morgan fingerprint density at radius 3 is 2.32 bits per heavy atom. The maximum absolute atomic E-state index is 12.8. The fourth-order valence-electron chi connectivity index (χ4n) is 3.69. The van der Waals surface area contributed by atoms with Crippen LogP contribution in [0.15, 0.2) is 102 Å². The van der Waals surface area contributed by atoms with Gasteiger partial charge in [0.25, 0.3) is 11.8 Å². The number of nitrogens with zero attached hydrogens (tertiary/aromatic N) is 1. The van der Waals surface area contributed by atoms with Gasteiger partial charge in [-0.05, 0) is 60.2 Å². The van der Waals surface area contributed by atoms with Crippen molar-refractivity contribution in [3.8, 4) is 0 Å². The topological polar surface area (TPSA) is 104 Å². The van der Waals surface area contributed by atoms with Crippen LogP contribution in [0.3, 0.4) is 0 Å². The van der Waals surface area contributed by atoms with E-state index in [4.69, 9.17) is 4.42 Å². The molecular formula is C29H28N4O4. The Labute approximate surface area is 215 Å². The van der Waals surface area contributed by atoms with Gasteiger partial charge in [0.1, 0.15) is 5.76 Å². The number of furan rings is 1. The first-order chi connectivity index (χ1) is 18.0. The first kappa shape index (κ1) is 25.2. The third-order valence-corrected chi connectivity index (χ3v) is 5.61. The second-order valence-electron chi connectivity index (χ2n) is 8.47. The van der Waals surface area contributed by atoms with Crippen LogP contribution in [0.25, 0.3) is 0 Å². The van der Waals surface area contributed by atoms with E-state index in [-0.39, 0.29) is 24.3 Å². The molecule has 1 aromatic heterocycles. The molecule has 0 fully saturated rings. The van der Waals surface area contributed by atoms with Crippen molar-refractivity contribution in [2.45, 2.75) is 13.1 Å². The number of carbonyl (C=O) groups is 3. The Kier molecular flexibility index (Phi) is 8.33. The van der Waals surface area contributed by atoms with Crippen molar-refractivity contribution in [2.75, 3.05) is 24.2 Å². The molecule has 0 saturated heterocycles. The highest BCUT2D eigenvalue weighted by atomic mass is 16.3. The quantitative estimate of drug-likeness (QED) is 0.299. The summed E-state index contributed by atoms with van der Waals surface area (Å²) < 4.78 is 5.20. The summed E-state index contributed by atoms with van der Waals surface area (Å²) in [6.07, 6.45) is 1.56. The van der Waals surface area contributed by atoms with Crippen LogP contribution in [0, 0.1) is 0 Å². The molecule has 3 aromatic carbocycles. The highest BCUT2D eigenvalue weighted by molar-refractivity contribution is 5.98. The molecule has 0 aliphatic rings. The first-order valence-corrected chi connectivity index (χ1v) is 11.8. The summed E-state index contributed by atoms with van der Waals surface area (Å²) >= 11 is 0.